The monoisotopic (exact) mass is 502 g/mol. The second-order valence-corrected chi connectivity index (χ2v) is 10.6. The third kappa shape index (κ3) is 4.28. The van der Waals surface area contributed by atoms with Crippen LogP contribution in [0.5, 0.6) is 0 Å². The first-order valence-electron chi connectivity index (χ1n) is 12.2. The number of piperidine rings is 1. The van der Waals surface area contributed by atoms with Gasteiger partial charge in [-0.15, -0.1) is 0 Å². The van der Waals surface area contributed by atoms with Crippen LogP contribution in [0.4, 0.5) is 5.82 Å². The predicted octanol–water partition coefficient (Wildman–Crippen LogP) is 4.72. The van der Waals surface area contributed by atoms with Gasteiger partial charge in [-0.1, -0.05) is 36.2 Å². The number of rotatable bonds is 5. The third-order valence-corrected chi connectivity index (χ3v) is 8.14. The lowest BCUT2D eigenvalue weighted by Gasteiger charge is -2.43. The van der Waals surface area contributed by atoms with Gasteiger partial charge >= 0.3 is 0 Å². The van der Waals surface area contributed by atoms with Gasteiger partial charge in [0.15, 0.2) is 5.65 Å². The minimum absolute atomic E-state index is 0.110. The summed E-state index contributed by atoms with van der Waals surface area (Å²) in [6, 6.07) is 6.27. The topological polar surface area (TPSA) is 70.3 Å². The zero-order chi connectivity index (χ0) is 24.0. The number of aliphatic hydroxyl groups excluding tert-OH is 1. The summed E-state index contributed by atoms with van der Waals surface area (Å²) in [6.07, 6.45) is 5.22. The molecular weight excluding hydrogens is 471 g/mol. The Labute approximate surface area is 210 Å². The average molecular weight is 503 g/mol. The van der Waals surface area contributed by atoms with Crippen molar-refractivity contribution in [3.8, 4) is 0 Å². The number of nitrogens with zero attached hydrogens (tertiary/aromatic N) is 6. The van der Waals surface area contributed by atoms with Crippen LogP contribution in [0, 0.1) is 12.8 Å². The number of anilines is 1. The van der Waals surface area contributed by atoms with Crippen molar-refractivity contribution in [1.29, 1.82) is 0 Å². The Hall–Kier alpha value is -1.93. The molecule has 0 saturated carbocycles. The minimum Gasteiger partial charge on any atom is -0.395 e. The smallest absolute Gasteiger partial charge is 0.179 e. The van der Waals surface area contributed by atoms with E-state index in [2.05, 4.69) is 23.6 Å². The molecule has 1 aromatic carbocycles. The van der Waals surface area contributed by atoms with Crippen molar-refractivity contribution >= 4 is 40.2 Å². The van der Waals surface area contributed by atoms with E-state index in [0.717, 1.165) is 60.7 Å². The van der Waals surface area contributed by atoms with Crippen LogP contribution in [0.1, 0.15) is 50.4 Å². The molecule has 9 heteroatoms. The summed E-state index contributed by atoms with van der Waals surface area (Å²) in [4.78, 5) is 14.7. The van der Waals surface area contributed by atoms with Crippen molar-refractivity contribution in [2.75, 3.05) is 31.1 Å². The van der Waals surface area contributed by atoms with E-state index in [1.807, 2.05) is 29.9 Å². The Balaban J connectivity index is 1.41. The fourth-order valence-electron chi connectivity index (χ4n) is 5.76. The van der Waals surface area contributed by atoms with Gasteiger partial charge in [0.25, 0.3) is 0 Å². The molecule has 182 valence electrons. The highest BCUT2D eigenvalue weighted by Crippen LogP contribution is 2.33. The standard InChI is InChI=1S/C25H32Cl2N6O/c1-15-13-31(10-8-22(15)32-9-4-5-19(32)14-34)23-12-28-24-16(2)30-33(25(24)29-23)17(3)20-7-6-18(26)11-21(20)27/h6-7,11-12,15,17,19,22,34H,4-5,8-10,13-14H2,1-3H3/t15-,17-,19+,22?/m1/s1. The first-order valence-corrected chi connectivity index (χ1v) is 12.9. The first kappa shape index (κ1) is 23.8. The van der Waals surface area contributed by atoms with Crippen molar-refractivity contribution in [1.82, 2.24) is 24.6 Å². The van der Waals surface area contributed by atoms with Gasteiger partial charge < -0.3 is 10.0 Å². The lowest BCUT2D eigenvalue weighted by molar-refractivity contribution is 0.0800. The van der Waals surface area contributed by atoms with E-state index in [1.54, 1.807) is 6.07 Å². The molecule has 1 unspecified atom stereocenters. The lowest BCUT2D eigenvalue weighted by Crippen LogP contribution is -2.52. The Morgan fingerprint density at radius 1 is 1.21 bits per heavy atom. The van der Waals surface area contributed by atoms with E-state index in [1.165, 1.54) is 6.42 Å². The van der Waals surface area contributed by atoms with Crippen molar-refractivity contribution in [3.05, 3.63) is 45.7 Å². The number of halogens is 2. The van der Waals surface area contributed by atoms with Gasteiger partial charge in [-0.25, -0.2) is 14.6 Å². The SMILES string of the molecule is Cc1nn([C@H](C)c2ccc(Cl)cc2Cl)c2nc(N3CCC(N4CCC[C@H]4CO)[C@H](C)C3)cnc12. The molecule has 1 N–H and O–H groups in total. The number of likely N-dealkylation sites (tertiary alicyclic amines) is 1. The second-order valence-electron chi connectivity index (χ2n) is 9.77. The van der Waals surface area contributed by atoms with Gasteiger partial charge in [-0.2, -0.15) is 5.10 Å². The average Bonchev–Trinajstić information content (AvgIpc) is 3.42. The minimum atomic E-state index is -0.110. The highest BCUT2D eigenvalue weighted by atomic mass is 35.5. The molecule has 0 amide bonds. The molecular formula is C25H32Cl2N6O. The summed E-state index contributed by atoms with van der Waals surface area (Å²) in [5.41, 5.74) is 3.37. The van der Waals surface area contributed by atoms with E-state index >= 15 is 0 Å². The van der Waals surface area contributed by atoms with Gasteiger partial charge in [0.2, 0.25) is 0 Å². The summed E-state index contributed by atoms with van der Waals surface area (Å²) in [5.74, 6) is 1.37. The Kier molecular flexibility index (Phi) is 6.73. The molecule has 0 spiro atoms. The van der Waals surface area contributed by atoms with Crippen molar-refractivity contribution in [2.24, 2.45) is 5.92 Å². The number of fused-ring (bicyclic) bond motifs is 1. The molecule has 7 nitrogen and oxygen atoms in total. The van der Waals surface area contributed by atoms with Gasteiger partial charge in [0.1, 0.15) is 11.3 Å². The fraction of sp³-hybridized carbons (Fsp3) is 0.560. The highest BCUT2D eigenvalue weighted by molar-refractivity contribution is 6.35. The van der Waals surface area contributed by atoms with Crippen LogP contribution in [0.15, 0.2) is 24.4 Å². The van der Waals surface area contributed by atoms with Gasteiger partial charge in [-0.3, -0.25) is 4.90 Å². The molecule has 2 saturated heterocycles. The third-order valence-electron chi connectivity index (χ3n) is 7.58. The maximum atomic E-state index is 9.78. The maximum absolute atomic E-state index is 9.78. The maximum Gasteiger partial charge on any atom is 0.179 e. The molecule has 4 heterocycles. The van der Waals surface area contributed by atoms with Gasteiger partial charge in [0.05, 0.1) is 24.5 Å². The van der Waals surface area contributed by atoms with Crippen LogP contribution >= 0.6 is 23.2 Å². The zero-order valence-electron chi connectivity index (χ0n) is 20.0. The Bertz CT molecular complexity index is 1180. The number of aliphatic hydroxyl groups is 1. The molecule has 4 atom stereocenters. The van der Waals surface area contributed by atoms with Crippen molar-refractivity contribution in [2.45, 2.75) is 58.2 Å². The van der Waals surface area contributed by atoms with Crippen LogP contribution < -0.4 is 4.90 Å². The van der Waals surface area contributed by atoms with Crippen molar-refractivity contribution in [3.63, 3.8) is 0 Å². The largest absolute Gasteiger partial charge is 0.395 e. The zero-order valence-corrected chi connectivity index (χ0v) is 21.5. The number of hydrogen-bond acceptors (Lipinski definition) is 6. The van der Waals surface area contributed by atoms with Crippen LogP contribution in [-0.4, -0.2) is 68.1 Å². The molecule has 0 radical (unpaired) electrons. The Morgan fingerprint density at radius 2 is 2.03 bits per heavy atom. The second kappa shape index (κ2) is 9.61. The van der Waals surface area contributed by atoms with E-state index < -0.39 is 0 Å². The summed E-state index contributed by atoms with van der Waals surface area (Å²) in [5, 5.41) is 15.8. The first-order chi connectivity index (χ1) is 16.4. The van der Waals surface area contributed by atoms with Crippen molar-refractivity contribution < 1.29 is 5.11 Å². The number of hydrogen-bond donors (Lipinski definition) is 1. The summed E-state index contributed by atoms with van der Waals surface area (Å²) in [7, 11) is 0. The molecule has 5 rings (SSSR count). The molecule has 3 aromatic rings. The summed E-state index contributed by atoms with van der Waals surface area (Å²) >= 11 is 12.6. The van der Waals surface area contributed by atoms with Crippen LogP contribution in [0.3, 0.4) is 0 Å². The van der Waals surface area contributed by atoms with Crippen LogP contribution in [-0.2, 0) is 0 Å². The molecule has 0 bridgehead atoms. The highest BCUT2D eigenvalue weighted by Gasteiger charge is 2.36. The summed E-state index contributed by atoms with van der Waals surface area (Å²) < 4.78 is 1.92. The van der Waals surface area contributed by atoms with E-state index in [0.29, 0.717) is 28.0 Å². The number of aryl methyl sites for hydroxylation is 1. The molecule has 2 aliphatic heterocycles. The number of aromatic nitrogens is 4. The lowest BCUT2D eigenvalue weighted by atomic mass is 9.92. The quantitative estimate of drug-likeness (QED) is 0.544. The molecule has 0 aliphatic carbocycles. The summed E-state index contributed by atoms with van der Waals surface area (Å²) in [6.45, 7) is 9.54. The van der Waals surface area contributed by atoms with E-state index in [-0.39, 0.29) is 12.6 Å². The molecule has 2 fully saturated rings. The Morgan fingerprint density at radius 3 is 2.76 bits per heavy atom. The van der Waals surface area contributed by atoms with Crippen LogP contribution in [0.25, 0.3) is 11.2 Å². The van der Waals surface area contributed by atoms with Crippen LogP contribution in [0.2, 0.25) is 10.0 Å². The van der Waals surface area contributed by atoms with Gasteiger partial charge in [-0.05, 0) is 63.3 Å². The molecule has 2 aromatic heterocycles. The van der Waals surface area contributed by atoms with Gasteiger partial charge in [0, 0.05) is 35.2 Å². The number of benzene rings is 1. The molecule has 34 heavy (non-hydrogen) atoms. The predicted molar refractivity (Wildman–Crippen MR) is 137 cm³/mol. The molecule has 2 aliphatic rings. The van der Waals surface area contributed by atoms with E-state index in [4.69, 9.17) is 38.3 Å². The van der Waals surface area contributed by atoms with E-state index in [9.17, 15) is 5.11 Å². The fourth-order valence-corrected chi connectivity index (χ4v) is 6.33. The normalized spacial score (nSPS) is 24.8.